The largest absolute Gasteiger partial charge is 0.507 e. The Labute approximate surface area is 79.2 Å². The molecule has 1 N–H and O–H groups in total. The van der Waals surface area contributed by atoms with Crippen molar-refractivity contribution in [2.75, 3.05) is 6.61 Å². The van der Waals surface area contributed by atoms with Crippen LogP contribution in [-0.4, -0.2) is 11.7 Å². The SMILES string of the molecule is CCOc1cc(C)c(O)c(CC)c1. The molecule has 1 aromatic rings. The van der Waals surface area contributed by atoms with E-state index in [-0.39, 0.29) is 0 Å². The predicted octanol–water partition coefficient (Wildman–Crippen LogP) is 2.66. The molecular weight excluding hydrogens is 164 g/mol. The van der Waals surface area contributed by atoms with Crippen LogP contribution in [0, 0.1) is 6.92 Å². The number of benzene rings is 1. The Kier molecular flexibility index (Phi) is 3.18. The lowest BCUT2D eigenvalue weighted by Crippen LogP contribution is -1.94. The number of phenols is 1. The zero-order valence-electron chi connectivity index (χ0n) is 8.42. The minimum Gasteiger partial charge on any atom is -0.507 e. The number of aryl methyl sites for hydroxylation is 2. The molecule has 0 aliphatic heterocycles. The fourth-order valence-electron chi connectivity index (χ4n) is 1.34. The molecule has 0 unspecified atom stereocenters. The average molecular weight is 180 g/mol. The van der Waals surface area contributed by atoms with Crippen LogP contribution in [0.1, 0.15) is 25.0 Å². The molecule has 1 aromatic carbocycles. The van der Waals surface area contributed by atoms with Crippen molar-refractivity contribution in [1.82, 2.24) is 0 Å². The third kappa shape index (κ3) is 2.14. The van der Waals surface area contributed by atoms with Gasteiger partial charge >= 0.3 is 0 Å². The van der Waals surface area contributed by atoms with E-state index in [1.54, 1.807) is 0 Å². The van der Waals surface area contributed by atoms with Gasteiger partial charge in [-0.2, -0.15) is 0 Å². The molecule has 0 bridgehead atoms. The highest BCUT2D eigenvalue weighted by molar-refractivity contribution is 5.45. The van der Waals surface area contributed by atoms with Crippen LogP contribution in [-0.2, 0) is 6.42 Å². The van der Waals surface area contributed by atoms with Gasteiger partial charge in [0.1, 0.15) is 11.5 Å². The molecule has 0 fully saturated rings. The summed E-state index contributed by atoms with van der Waals surface area (Å²) in [5, 5.41) is 9.63. The molecule has 72 valence electrons. The Balaban J connectivity index is 3.06. The third-order valence-corrected chi connectivity index (χ3v) is 2.04. The Morgan fingerprint density at radius 1 is 1.31 bits per heavy atom. The van der Waals surface area contributed by atoms with E-state index in [9.17, 15) is 5.11 Å². The van der Waals surface area contributed by atoms with Crippen LogP contribution in [0.5, 0.6) is 11.5 Å². The minimum absolute atomic E-state index is 0.394. The summed E-state index contributed by atoms with van der Waals surface area (Å²) >= 11 is 0. The van der Waals surface area contributed by atoms with Crippen LogP contribution in [0.3, 0.4) is 0 Å². The molecule has 0 amide bonds. The number of aromatic hydroxyl groups is 1. The van der Waals surface area contributed by atoms with Gasteiger partial charge in [0.2, 0.25) is 0 Å². The molecule has 0 aromatic heterocycles. The third-order valence-electron chi connectivity index (χ3n) is 2.04. The highest BCUT2D eigenvalue weighted by atomic mass is 16.5. The van der Waals surface area contributed by atoms with Crippen molar-refractivity contribution in [3.8, 4) is 11.5 Å². The molecule has 0 aliphatic rings. The number of phenolic OH excluding ortho intramolecular Hbond substituents is 1. The zero-order chi connectivity index (χ0) is 9.84. The maximum Gasteiger partial charge on any atom is 0.121 e. The average Bonchev–Trinajstić information content (AvgIpc) is 2.11. The summed E-state index contributed by atoms with van der Waals surface area (Å²) in [5.41, 5.74) is 1.83. The molecule has 2 nitrogen and oxygen atoms in total. The van der Waals surface area contributed by atoms with Crippen LogP contribution in [0.25, 0.3) is 0 Å². The Morgan fingerprint density at radius 2 is 2.00 bits per heavy atom. The first-order valence-electron chi connectivity index (χ1n) is 4.64. The van der Waals surface area contributed by atoms with Crippen molar-refractivity contribution in [1.29, 1.82) is 0 Å². The van der Waals surface area contributed by atoms with Crippen molar-refractivity contribution in [2.45, 2.75) is 27.2 Å². The van der Waals surface area contributed by atoms with E-state index in [2.05, 4.69) is 0 Å². The van der Waals surface area contributed by atoms with Crippen LogP contribution >= 0.6 is 0 Å². The Morgan fingerprint density at radius 3 is 2.54 bits per heavy atom. The van der Waals surface area contributed by atoms with Gasteiger partial charge in [-0.1, -0.05) is 6.92 Å². The molecule has 0 saturated heterocycles. The molecule has 0 aliphatic carbocycles. The number of hydrogen-bond acceptors (Lipinski definition) is 2. The van der Waals surface area contributed by atoms with Gasteiger partial charge in [0.05, 0.1) is 6.61 Å². The van der Waals surface area contributed by atoms with Gasteiger partial charge in [-0.05, 0) is 43.5 Å². The fourth-order valence-corrected chi connectivity index (χ4v) is 1.34. The van der Waals surface area contributed by atoms with Crippen molar-refractivity contribution in [2.24, 2.45) is 0 Å². The smallest absolute Gasteiger partial charge is 0.121 e. The summed E-state index contributed by atoms with van der Waals surface area (Å²) in [6.45, 7) is 6.52. The van der Waals surface area contributed by atoms with Gasteiger partial charge in [0, 0.05) is 0 Å². The summed E-state index contributed by atoms with van der Waals surface area (Å²) < 4.78 is 5.37. The maximum atomic E-state index is 9.63. The first-order chi connectivity index (χ1) is 6.19. The summed E-state index contributed by atoms with van der Waals surface area (Å²) in [4.78, 5) is 0. The summed E-state index contributed by atoms with van der Waals surface area (Å²) in [6.07, 6.45) is 0.827. The Hall–Kier alpha value is -1.18. The van der Waals surface area contributed by atoms with Gasteiger partial charge in [-0.15, -0.1) is 0 Å². The van der Waals surface area contributed by atoms with Crippen molar-refractivity contribution < 1.29 is 9.84 Å². The summed E-state index contributed by atoms with van der Waals surface area (Å²) in [6, 6.07) is 3.75. The monoisotopic (exact) mass is 180 g/mol. The lowest BCUT2D eigenvalue weighted by molar-refractivity contribution is 0.338. The second-order valence-electron chi connectivity index (χ2n) is 3.03. The maximum absolute atomic E-state index is 9.63. The van der Waals surface area contributed by atoms with Crippen LogP contribution in [0.15, 0.2) is 12.1 Å². The molecule has 13 heavy (non-hydrogen) atoms. The molecule has 2 heteroatoms. The van der Waals surface area contributed by atoms with Crippen LogP contribution < -0.4 is 4.74 Å². The summed E-state index contributed by atoms with van der Waals surface area (Å²) in [5.74, 6) is 1.24. The molecule has 0 radical (unpaired) electrons. The first-order valence-corrected chi connectivity index (χ1v) is 4.64. The van der Waals surface area contributed by atoms with E-state index in [0.717, 1.165) is 23.3 Å². The predicted molar refractivity (Wildman–Crippen MR) is 53.4 cm³/mol. The fraction of sp³-hybridized carbons (Fsp3) is 0.455. The Bertz CT molecular complexity index is 292. The number of hydrogen-bond donors (Lipinski definition) is 1. The number of ether oxygens (including phenoxy) is 1. The molecule has 0 atom stereocenters. The normalized spacial score (nSPS) is 10.1. The number of rotatable bonds is 3. The molecule has 0 saturated carbocycles. The van der Waals surface area contributed by atoms with E-state index >= 15 is 0 Å². The first kappa shape index (κ1) is 9.90. The van der Waals surface area contributed by atoms with E-state index < -0.39 is 0 Å². The lowest BCUT2D eigenvalue weighted by Gasteiger charge is -2.09. The summed E-state index contributed by atoms with van der Waals surface area (Å²) in [7, 11) is 0. The molecule has 0 heterocycles. The second-order valence-corrected chi connectivity index (χ2v) is 3.03. The topological polar surface area (TPSA) is 29.5 Å². The second kappa shape index (κ2) is 4.17. The lowest BCUT2D eigenvalue weighted by atomic mass is 10.1. The van der Waals surface area contributed by atoms with Crippen molar-refractivity contribution in [3.63, 3.8) is 0 Å². The quantitative estimate of drug-likeness (QED) is 0.774. The highest BCUT2D eigenvalue weighted by Gasteiger charge is 2.05. The van der Waals surface area contributed by atoms with Crippen LogP contribution in [0.2, 0.25) is 0 Å². The zero-order valence-corrected chi connectivity index (χ0v) is 8.42. The van der Waals surface area contributed by atoms with Gasteiger partial charge < -0.3 is 9.84 Å². The van der Waals surface area contributed by atoms with Crippen molar-refractivity contribution in [3.05, 3.63) is 23.3 Å². The van der Waals surface area contributed by atoms with Gasteiger partial charge in [-0.25, -0.2) is 0 Å². The highest BCUT2D eigenvalue weighted by Crippen LogP contribution is 2.27. The molecular formula is C11H16O2. The minimum atomic E-state index is 0.394. The van der Waals surface area contributed by atoms with E-state index in [1.807, 2.05) is 32.9 Å². The van der Waals surface area contributed by atoms with E-state index in [0.29, 0.717) is 12.4 Å². The van der Waals surface area contributed by atoms with Gasteiger partial charge in [0.25, 0.3) is 0 Å². The molecule has 1 rings (SSSR count). The van der Waals surface area contributed by atoms with E-state index in [4.69, 9.17) is 4.74 Å². The van der Waals surface area contributed by atoms with Crippen molar-refractivity contribution >= 4 is 0 Å². The van der Waals surface area contributed by atoms with Crippen LogP contribution in [0.4, 0.5) is 0 Å². The standard InChI is InChI=1S/C11H16O2/c1-4-9-7-10(13-5-2)6-8(3)11(9)12/h6-7,12H,4-5H2,1-3H3. The molecule has 0 spiro atoms. The van der Waals surface area contributed by atoms with E-state index in [1.165, 1.54) is 0 Å². The van der Waals surface area contributed by atoms with Gasteiger partial charge in [0.15, 0.2) is 0 Å². The van der Waals surface area contributed by atoms with Gasteiger partial charge in [-0.3, -0.25) is 0 Å².